The fourth-order valence-corrected chi connectivity index (χ4v) is 4.07. The maximum atomic E-state index is 12.4. The van der Waals surface area contributed by atoms with Gasteiger partial charge < -0.3 is 19.5 Å². The number of hydrogen-bond donors (Lipinski definition) is 1. The Morgan fingerprint density at radius 2 is 1.94 bits per heavy atom. The predicted octanol–water partition coefficient (Wildman–Crippen LogP) is 3.15. The number of ether oxygens (including phenoxy) is 2. The van der Waals surface area contributed by atoms with E-state index in [4.69, 9.17) is 19.4 Å². The number of pyridine rings is 1. The van der Waals surface area contributed by atoms with E-state index in [0.29, 0.717) is 32.0 Å². The van der Waals surface area contributed by atoms with Crippen molar-refractivity contribution in [3.05, 3.63) is 46.7 Å². The van der Waals surface area contributed by atoms with E-state index in [9.17, 15) is 18.0 Å². The number of carboxylic acids is 1. The van der Waals surface area contributed by atoms with Crippen molar-refractivity contribution < 1.29 is 37.3 Å². The summed E-state index contributed by atoms with van der Waals surface area (Å²) in [7, 11) is 0. The molecule has 1 unspecified atom stereocenters. The fraction of sp³-hybridized carbons (Fsp3) is 0.500. The number of aromatic nitrogens is 2. The number of likely N-dealkylation sites (tertiary alicyclic amines) is 1. The van der Waals surface area contributed by atoms with Gasteiger partial charge in [-0.05, 0) is 30.5 Å². The van der Waals surface area contributed by atoms with Gasteiger partial charge in [0.2, 0.25) is 0 Å². The van der Waals surface area contributed by atoms with E-state index in [1.54, 1.807) is 17.9 Å². The molecule has 1 amide bonds. The Morgan fingerprint density at radius 1 is 1.28 bits per heavy atom. The number of hydrogen-bond acceptors (Lipinski definition) is 7. The second-order valence-corrected chi connectivity index (χ2v) is 8.17. The van der Waals surface area contributed by atoms with E-state index in [0.717, 1.165) is 24.8 Å². The van der Waals surface area contributed by atoms with Crippen LogP contribution < -0.4 is 0 Å². The number of aliphatic carboxylic acids is 1. The number of carbonyl (C=O) groups is 2. The number of halogens is 3. The Labute approximate surface area is 186 Å². The first-order valence-corrected chi connectivity index (χ1v) is 10.7. The van der Waals surface area contributed by atoms with Crippen LogP contribution in [-0.2, 0) is 20.9 Å². The zero-order chi connectivity index (χ0) is 23.2. The van der Waals surface area contributed by atoms with Gasteiger partial charge in [0.1, 0.15) is 5.69 Å². The van der Waals surface area contributed by atoms with Gasteiger partial charge in [-0.1, -0.05) is 0 Å². The highest BCUT2D eigenvalue weighted by atomic mass is 32.1. The van der Waals surface area contributed by atoms with E-state index < -0.39 is 12.1 Å². The maximum absolute atomic E-state index is 12.4. The first kappa shape index (κ1) is 24.1. The lowest BCUT2D eigenvalue weighted by atomic mass is 9.88. The van der Waals surface area contributed by atoms with Crippen molar-refractivity contribution in [2.75, 3.05) is 19.7 Å². The van der Waals surface area contributed by atoms with Crippen molar-refractivity contribution in [3.8, 4) is 0 Å². The molecule has 174 valence electrons. The molecule has 2 fully saturated rings. The SMILES string of the molecule is O=C(O)C(F)(F)F.O=C(c1cscn1)N1CCC2(CC1)CC(OCc1ccncc1)CO2. The lowest BCUT2D eigenvalue weighted by Gasteiger charge is -2.38. The molecule has 12 heteroatoms. The third kappa shape index (κ3) is 6.47. The number of thiazole rings is 1. The highest BCUT2D eigenvalue weighted by molar-refractivity contribution is 7.07. The Bertz CT molecular complexity index is 888. The summed E-state index contributed by atoms with van der Waals surface area (Å²) in [5.74, 6) is -2.73. The van der Waals surface area contributed by atoms with Crippen molar-refractivity contribution in [2.24, 2.45) is 0 Å². The Kier molecular flexibility index (Phi) is 7.80. The summed E-state index contributed by atoms with van der Waals surface area (Å²) in [5.41, 5.74) is 3.23. The Morgan fingerprint density at radius 3 is 2.50 bits per heavy atom. The second kappa shape index (κ2) is 10.4. The molecule has 1 atom stereocenters. The number of rotatable bonds is 4. The zero-order valence-corrected chi connectivity index (χ0v) is 17.8. The molecule has 8 nitrogen and oxygen atoms in total. The molecule has 4 heterocycles. The molecule has 4 rings (SSSR count). The van der Waals surface area contributed by atoms with Gasteiger partial charge in [-0.15, -0.1) is 11.3 Å². The summed E-state index contributed by atoms with van der Waals surface area (Å²) in [6.45, 7) is 2.65. The van der Waals surface area contributed by atoms with Crippen LogP contribution in [0.3, 0.4) is 0 Å². The summed E-state index contributed by atoms with van der Waals surface area (Å²) in [5, 5.41) is 8.93. The van der Waals surface area contributed by atoms with Crippen molar-refractivity contribution in [1.82, 2.24) is 14.9 Å². The molecule has 1 spiro atoms. The predicted molar refractivity (Wildman–Crippen MR) is 107 cm³/mol. The first-order chi connectivity index (χ1) is 15.2. The molecule has 2 saturated heterocycles. The van der Waals surface area contributed by atoms with Gasteiger partial charge in [0.15, 0.2) is 0 Å². The molecule has 2 aliphatic heterocycles. The lowest BCUT2D eigenvalue weighted by Crippen LogP contribution is -2.46. The normalized spacial score (nSPS) is 20.0. The zero-order valence-electron chi connectivity index (χ0n) is 17.0. The van der Waals surface area contributed by atoms with Crippen molar-refractivity contribution in [1.29, 1.82) is 0 Å². The fourth-order valence-electron chi connectivity index (χ4n) is 3.55. The van der Waals surface area contributed by atoms with Gasteiger partial charge in [-0.2, -0.15) is 13.2 Å². The topological polar surface area (TPSA) is 102 Å². The maximum Gasteiger partial charge on any atom is 0.490 e. The van der Waals surface area contributed by atoms with E-state index in [1.807, 2.05) is 22.4 Å². The van der Waals surface area contributed by atoms with Crippen LogP contribution in [0.1, 0.15) is 35.3 Å². The molecule has 0 aromatic carbocycles. The minimum Gasteiger partial charge on any atom is -0.475 e. The molecule has 2 aromatic heterocycles. The van der Waals surface area contributed by atoms with Gasteiger partial charge in [0.25, 0.3) is 5.91 Å². The number of alkyl halides is 3. The van der Waals surface area contributed by atoms with Crippen LogP contribution in [0.5, 0.6) is 0 Å². The number of carbonyl (C=O) groups excluding carboxylic acids is 1. The van der Waals surface area contributed by atoms with Crippen molar-refractivity contribution in [2.45, 2.75) is 43.8 Å². The third-order valence-electron chi connectivity index (χ3n) is 5.27. The van der Waals surface area contributed by atoms with Gasteiger partial charge in [-0.25, -0.2) is 9.78 Å². The number of nitrogens with zero attached hydrogens (tertiary/aromatic N) is 3. The monoisotopic (exact) mass is 473 g/mol. The molecule has 0 aliphatic carbocycles. The summed E-state index contributed by atoms with van der Waals surface area (Å²) in [4.78, 5) is 31.3. The van der Waals surface area contributed by atoms with Crippen LogP contribution in [0.15, 0.2) is 35.4 Å². The van der Waals surface area contributed by atoms with Crippen LogP contribution in [-0.4, -0.2) is 69.4 Å². The first-order valence-electron chi connectivity index (χ1n) is 9.81. The Hall–Kier alpha value is -2.57. The van der Waals surface area contributed by atoms with Crippen LogP contribution in [0.2, 0.25) is 0 Å². The van der Waals surface area contributed by atoms with Crippen LogP contribution >= 0.6 is 11.3 Å². The number of carboxylic acid groups (broad SMARTS) is 1. The summed E-state index contributed by atoms with van der Waals surface area (Å²) in [6.07, 6.45) is 1.21. The number of piperidine rings is 1. The molecule has 0 radical (unpaired) electrons. The third-order valence-corrected chi connectivity index (χ3v) is 5.85. The lowest BCUT2D eigenvalue weighted by molar-refractivity contribution is -0.192. The number of amides is 1. The van der Waals surface area contributed by atoms with Crippen LogP contribution in [0, 0.1) is 0 Å². The van der Waals surface area contributed by atoms with E-state index in [1.165, 1.54) is 11.3 Å². The van der Waals surface area contributed by atoms with E-state index >= 15 is 0 Å². The smallest absolute Gasteiger partial charge is 0.475 e. The van der Waals surface area contributed by atoms with Crippen LogP contribution in [0.25, 0.3) is 0 Å². The standard InChI is InChI=1S/C18H21N3O3S.C2HF3O2/c22-17(16-12-25-13-20-16)21-7-3-18(4-8-21)9-15(11-24-18)23-10-14-1-5-19-6-2-14;3-2(4,5)1(6)7/h1-2,5-6,12-13,15H,3-4,7-11H2;(H,6,7). The summed E-state index contributed by atoms with van der Waals surface area (Å²) < 4.78 is 43.9. The van der Waals surface area contributed by atoms with Gasteiger partial charge in [-0.3, -0.25) is 9.78 Å². The van der Waals surface area contributed by atoms with Gasteiger partial charge in [0.05, 0.1) is 30.4 Å². The average Bonchev–Trinajstić information content (AvgIpc) is 3.44. The summed E-state index contributed by atoms with van der Waals surface area (Å²) in [6, 6.07) is 3.93. The second-order valence-electron chi connectivity index (χ2n) is 7.46. The highest BCUT2D eigenvalue weighted by Gasteiger charge is 2.44. The molecule has 0 bridgehead atoms. The molecule has 32 heavy (non-hydrogen) atoms. The molecule has 2 aliphatic rings. The van der Waals surface area contributed by atoms with Crippen LogP contribution in [0.4, 0.5) is 13.2 Å². The molecule has 1 N–H and O–H groups in total. The van der Waals surface area contributed by atoms with Crippen molar-refractivity contribution >= 4 is 23.2 Å². The van der Waals surface area contributed by atoms with E-state index in [-0.39, 0.29) is 17.6 Å². The van der Waals surface area contributed by atoms with E-state index in [2.05, 4.69) is 9.97 Å². The van der Waals surface area contributed by atoms with Gasteiger partial charge in [0, 0.05) is 37.3 Å². The quantitative estimate of drug-likeness (QED) is 0.728. The van der Waals surface area contributed by atoms with Gasteiger partial charge >= 0.3 is 12.1 Å². The molecule has 0 saturated carbocycles. The largest absolute Gasteiger partial charge is 0.490 e. The minimum atomic E-state index is -5.08. The Balaban J connectivity index is 0.000000360. The highest BCUT2D eigenvalue weighted by Crippen LogP contribution is 2.37. The molecular weight excluding hydrogens is 451 g/mol. The van der Waals surface area contributed by atoms with Crippen molar-refractivity contribution in [3.63, 3.8) is 0 Å². The summed E-state index contributed by atoms with van der Waals surface area (Å²) >= 11 is 1.45. The minimum absolute atomic E-state index is 0.0274. The molecule has 2 aromatic rings. The average molecular weight is 473 g/mol. The molecular formula is C20H22F3N3O5S.